The molecule has 8 heteroatoms. The highest BCUT2D eigenvalue weighted by Crippen LogP contribution is 2.15. The molecule has 7 nitrogen and oxygen atoms in total. The maximum atomic E-state index is 5.70. The monoisotopic (exact) mass is 521 g/mol. The van der Waals surface area contributed by atoms with E-state index in [2.05, 4.69) is 45.0 Å². The third kappa shape index (κ3) is 7.13. The Balaban J connectivity index is 0.000000239. The van der Waals surface area contributed by atoms with Gasteiger partial charge in [-0.2, -0.15) is 0 Å². The van der Waals surface area contributed by atoms with Gasteiger partial charge in [0.25, 0.3) is 0 Å². The van der Waals surface area contributed by atoms with E-state index in [1.807, 2.05) is 42.6 Å². The summed E-state index contributed by atoms with van der Waals surface area (Å²) in [5, 5.41) is 8.25. The first-order valence-corrected chi connectivity index (χ1v) is 11.1. The van der Waals surface area contributed by atoms with Crippen LogP contribution in [0.2, 0.25) is 0 Å². The predicted octanol–water partition coefficient (Wildman–Crippen LogP) is 3.52. The van der Waals surface area contributed by atoms with Gasteiger partial charge < -0.3 is 20.9 Å². The number of aromatic nitrogens is 3. The second-order valence-corrected chi connectivity index (χ2v) is 8.21. The molecule has 1 aliphatic heterocycles. The Kier molecular flexibility index (Phi) is 9.22. The van der Waals surface area contributed by atoms with Crippen molar-refractivity contribution in [3.63, 3.8) is 0 Å². The van der Waals surface area contributed by atoms with Gasteiger partial charge >= 0.3 is 0 Å². The Morgan fingerprint density at radius 2 is 1.67 bits per heavy atom. The smallest absolute Gasteiger partial charge is 0.158 e. The minimum atomic E-state index is -0.104. The van der Waals surface area contributed by atoms with Crippen LogP contribution in [0.15, 0.2) is 54.7 Å². The van der Waals surface area contributed by atoms with Crippen molar-refractivity contribution in [2.45, 2.75) is 45.2 Å². The van der Waals surface area contributed by atoms with Gasteiger partial charge in [-0.25, -0.2) is 4.68 Å². The second-order valence-electron chi connectivity index (χ2n) is 6.96. The van der Waals surface area contributed by atoms with Crippen molar-refractivity contribution in [1.82, 2.24) is 15.0 Å². The minimum Gasteiger partial charge on any atom is -0.353 e. The van der Waals surface area contributed by atoms with Crippen LogP contribution in [0, 0.1) is 3.57 Å². The largest absolute Gasteiger partial charge is 0.353 e. The molecule has 0 bridgehead atoms. The standard InChI is InChI=1S/C15H20N4O2.C7H8IN/c16-9-12-4-6-14(7-5-12)19-10-13(17-18-19)11-21-15-3-1-2-8-20-15;8-7-3-1-6(5-9)2-4-7/h4-7,10,15H,1-3,8-9,11,16H2;1-4H,5,9H2. The molecule has 1 unspecified atom stereocenters. The topological polar surface area (TPSA) is 101 Å². The third-order valence-corrected chi connectivity index (χ3v) is 5.40. The fraction of sp³-hybridized carbons (Fsp3) is 0.364. The molecule has 3 aromatic rings. The molecule has 2 aromatic carbocycles. The lowest BCUT2D eigenvalue weighted by Crippen LogP contribution is -2.22. The summed E-state index contributed by atoms with van der Waals surface area (Å²) in [6.07, 6.45) is 5.00. The molecule has 4 N–H and O–H groups in total. The summed E-state index contributed by atoms with van der Waals surface area (Å²) in [6.45, 7) is 2.38. The van der Waals surface area contributed by atoms with Gasteiger partial charge in [-0.15, -0.1) is 5.10 Å². The molecule has 1 saturated heterocycles. The van der Waals surface area contributed by atoms with E-state index in [1.165, 1.54) is 9.13 Å². The van der Waals surface area contributed by atoms with Gasteiger partial charge in [-0.1, -0.05) is 29.5 Å². The zero-order valence-electron chi connectivity index (χ0n) is 16.9. The lowest BCUT2D eigenvalue weighted by atomic mass is 10.2. The van der Waals surface area contributed by atoms with Gasteiger partial charge in [-0.05, 0) is 77.2 Å². The molecular formula is C22H28IN5O2. The number of ether oxygens (including phenoxy) is 2. The maximum Gasteiger partial charge on any atom is 0.158 e. The van der Waals surface area contributed by atoms with Crippen molar-refractivity contribution in [1.29, 1.82) is 0 Å². The summed E-state index contributed by atoms with van der Waals surface area (Å²) in [5.74, 6) is 0. The molecule has 30 heavy (non-hydrogen) atoms. The van der Waals surface area contributed by atoms with Gasteiger partial charge in [0.05, 0.1) is 18.5 Å². The quantitative estimate of drug-likeness (QED) is 0.482. The number of halogens is 1. The Hall–Kier alpha value is -1.85. The number of hydrogen-bond acceptors (Lipinski definition) is 6. The van der Waals surface area contributed by atoms with Crippen LogP contribution in [0.5, 0.6) is 0 Å². The van der Waals surface area contributed by atoms with Crippen molar-refractivity contribution < 1.29 is 9.47 Å². The van der Waals surface area contributed by atoms with Crippen LogP contribution < -0.4 is 11.5 Å². The Labute approximate surface area is 190 Å². The molecular weight excluding hydrogens is 493 g/mol. The van der Waals surface area contributed by atoms with E-state index in [-0.39, 0.29) is 6.29 Å². The molecule has 0 radical (unpaired) electrons. The van der Waals surface area contributed by atoms with E-state index < -0.39 is 0 Å². The normalized spacial score (nSPS) is 16.0. The fourth-order valence-corrected chi connectivity index (χ4v) is 3.28. The van der Waals surface area contributed by atoms with Crippen LogP contribution in [-0.4, -0.2) is 27.9 Å². The van der Waals surface area contributed by atoms with Crippen molar-refractivity contribution in [3.8, 4) is 5.69 Å². The molecule has 1 aliphatic rings. The molecule has 0 amide bonds. The fourth-order valence-electron chi connectivity index (χ4n) is 2.92. The van der Waals surface area contributed by atoms with Crippen LogP contribution in [0.1, 0.15) is 36.1 Å². The second kappa shape index (κ2) is 12.1. The summed E-state index contributed by atoms with van der Waals surface area (Å²) in [5.41, 5.74) is 15.0. The summed E-state index contributed by atoms with van der Waals surface area (Å²) in [4.78, 5) is 0. The first kappa shape index (κ1) is 22.8. The molecule has 1 aromatic heterocycles. The van der Waals surface area contributed by atoms with E-state index >= 15 is 0 Å². The lowest BCUT2D eigenvalue weighted by Gasteiger charge is -2.22. The average Bonchev–Trinajstić information content (AvgIpc) is 3.28. The summed E-state index contributed by atoms with van der Waals surface area (Å²) >= 11 is 2.27. The molecule has 1 atom stereocenters. The van der Waals surface area contributed by atoms with Gasteiger partial charge in [0.1, 0.15) is 5.69 Å². The van der Waals surface area contributed by atoms with E-state index in [4.69, 9.17) is 20.9 Å². The maximum absolute atomic E-state index is 5.70. The van der Waals surface area contributed by atoms with Crippen molar-refractivity contribution >= 4 is 22.6 Å². The molecule has 0 saturated carbocycles. The van der Waals surface area contributed by atoms with Crippen molar-refractivity contribution in [2.24, 2.45) is 11.5 Å². The number of benzene rings is 2. The van der Waals surface area contributed by atoms with Crippen molar-refractivity contribution in [2.75, 3.05) is 6.61 Å². The third-order valence-electron chi connectivity index (χ3n) is 4.68. The summed E-state index contributed by atoms with van der Waals surface area (Å²) in [6, 6.07) is 16.1. The predicted molar refractivity (Wildman–Crippen MR) is 125 cm³/mol. The summed E-state index contributed by atoms with van der Waals surface area (Å²) in [7, 11) is 0. The van der Waals surface area contributed by atoms with Crippen LogP contribution in [0.4, 0.5) is 0 Å². The molecule has 1 fully saturated rings. The summed E-state index contributed by atoms with van der Waals surface area (Å²) < 4.78 is 14.2. The van der Waals surface area contributed by atoms with Gasteiger partial charge in [0.15, 0.2) is 6.29 Å². The van der Waals surface area contributed by atoms with Gasteiger partial charge in [0, 0.05) is 23.3 Å². The highest BCUT2D eigenvalue weighted by Gasteiger charge is 2.14. The molecule has 0 aliphatic carbocycles. The zero-order valence-corrected chi connectivity index (χ0v) is 19.1. The highest BCUT2D eigenvalue weighted by molar-refractivity contribution is 14.1. The van der Waals surface area contributed by atoms with Gasteiger partial charge in [0.2, 0.25) is 0 Å². The lowest BCUT2D eigenvalue weighted by molar-refractivity contribution is -0.169. The Morgan fingerprint density at radius 1 is 1.00 bits per heavy atom. The van der Waals surface area contributed by atoms with Crippen LogP contribution in [0.3, 0.4) is 0 Å². The first-order valence-electron chi connectivity index (χ1n) is 10.1. The number of rotatable bonds is 6. The highest BCUT2D eigenvalue weighted by atomic mass is 127. The molecule has 4 rings (SSSR count). The Morgan fingerprint density at radius 3 is 2.27 bits per heavy atom. The van der Waals surface area contributed by atoms with Crippen molar-refractivity contribution in [3.05, 3.63) is 75.1 Å². The first-order chi connectivity index (χ1) is 14.7. The molecule has 2 heterocycles. The average molecular weight is 521 g/mol. The number of nitrogens with two attached hydrogens (primary N) is 2. The van der Waals surface area contributed by atoms with E-state index in [9.17, 15) is 0 Å². The van der Waals surface area contributed by atoms with Crippen LogP contribution in [-0.2, 0) is 29.2 Å². The Bertz CT molecular complexity index is 877. The minimum absolute atomic E-state index is 0.104. The van der Waals surface area contributed by atoms with Gasteiger partial charge in [-0.3, -0.25) is 0 Å². The number of nitrogens with zero attached hydrogens (tertiary/aromatic N) is 3. The van der Waals surface area contributed by atoms with E-state index in [1.54, 1.807) is 4.68 Å². The molecule has 0 spiro atoms. The van der Waals surface area contributed by atoms with E-state index in [0.717, 1.165) is 42.8 Å². The number of hydrogen-bond donors (Lipinski definition) is 2. The SMILES string of the molecule is NCc1ccc(-n2cc(COC3CCCCO3)nn2)cc1.NCc1ccc(I)cc1. The van der Waals surface area contributed by atoms with E-state index in [0.29, 0.717) is 19.7 Å². The van der Waals surface area contributed by atoms with Crippen LogP contribution >= 0.6 is 22.6 Å². The van der Waals surface area contributed by atoms with Crippen LogP contribution in [0.25, 0.3) is 5.69 Å². The zero-order chi connectivity index (χ0) is 21.2. The molecule has 160 valence electrons.